The minimum absolute atomic E-state index is 0.540. The summed E-state index contributed by atoms with van der Waals surface area (Å²) >= 11 is 0. The van der Waals surface area contributed by atoms with Crippen LogP contribution in [0.15, 0.2) is 21.2 Å². The summed E-state index contributed by atoms with van der Waals surface area (Å²) in [6.45, 7) is 5.90. The lowest BCUT2D eigenvalue weighted by atomic mass is 9.99. The van der Waals surface area contributed by atoms with Gasteiger partial charge in [-0.1, -0.05) is 16.4 Å². The van der Waals surface area contributed by atoms with Crippen LogP contribution in [-0.4, -0.2) is 15.3 Å². The first-order valence-electron chi connectivity index (χ1n) is 7.54. The highest BCUT2D eigenvalue weighted by molar-refractivity contribution is 5.67. The third-order valence-electron chi connectivity index (χ3n) is 4.43. The summed E-state index contributed by atoms with van der Waals surface area (Å²) < 4.78 is 10.7. The van der Waals surface area contributed by atoms with E-state index in [2.05, 4.69) is 34.4 Å². The lowest BCUT2D eigenvalue weighted by Crippen LogP contribution is -1.92. The summed E-state index contributed by atoms with van der Waals surface area (Å²) in [7, 11) is 0. The zero-order valence-electron chi connectivity index (χ0n) is 12.9. The fourth-order valence-corrected chi connectivity index (χ4v) is 3.32. The molecule has 0 radical (unpaired) electrons. The van der Waals surface area contributed by atoms with Crippen molar-refractivity contribution in [2.75, 3.05) is 0 Å². The molecule has 2 aromatic heterocycles. The van der Waals surface area contributed by atoms with Crippen LogP contribution in [0.1, 0.15) is 34.6 Å². The van der Waals surface area contributed by atoms with E-state index in [4.69, 9.17) is 9.05 Å². The number of hydrogen-bond acceptors (Lipinski definition) is 5. The molecule has 3 aromatic rings. The summed E-state index contributed by atoms with van der Waals surface area (Å²) in [6.07, 6.45) is 3.41. The number of rotatable bonds is 2. The molecule has 0 fully saturated rings. The Kier molecular flexibility index (Phi) is 2.89. The maximum Gasteiger partial charge on any atom is 0.258 e. The smallest absolute Gasteiger partial charge is 0.258 e. The Bertz CT molecular complexity index is 841. The van der Waals surface area contributed by atoms with Crippen LogP contribution in [0, 0.1) is 20.8 Å². The van der Waals surface area contributed by atoms with E-state index >= 15 is 0 Å². The topological polar surface area (TPSA) is 65.0 Å². The first-order chi connectivity index (χ1) is 10.6. The van der Waals surface area contributed by atoms with Crippen LogP contribution in [0.25, 0.3) is 22.8 Å². The summed E-state index contributed by atoms with van der Waals surface area (Å²) in [5.74, 6) is 1.82. The molecule has 0 saturated heterocycles. The molecule has 5 nitrogen and oxygen atoms in total. The van der Waals surface area contributed by atoms with Gasteiger partial charge in [-0.15, -0.1) is 0 Å². The van der Waals surface area contributed by atoms with Gasteiger partial charge >= 0.3 is 0 Å². The molecule has 1 aliphatic rings. The van der Waals surface area contributed by atoms with Gasteiger partial charge in [-0.25, -0.2) is 0 Å². The molecule has 0 atom stereocenters. The highest BCUT2D eigenvalue weighted by Gasteiger charge is 2.23. The molecule has 1 aromatic carbocycles. The average molecular weight is 295 g/mol. The fraction of sp³-hybridized carbons (Fsp3) is 0.353. The molecule has 0 N–H and O–H groups in total. The lowest BCUT2D eigenvalue weighted by Gasteiger charge is -2.07. The van der Waals surface area contributed by atoms with Crippen molar-refractivity contribution in [1.82, 2.24) is 15.3 Å². The Hall–Kier alpha value is -2.43. The summed E-state index contributed by atoms with van der Waals surface area (Å²) in [6, 6.07) is 4.23. The normalized spacial score (nSPS) is 13.6. The Morgan fingerprint density at radius 3 is 2.55 bits per heavy atom. The van der Waals surface area contributed by atoms with Crippen LogP contribution in [0.5, 0.6) is 0 Å². The van der Waals surface area contributed by atoms with Crippen molar-refractivity contribution in [3.8, 4) is 22.8 Å². The second kappa shape index (κ2) is 4.80. The SMILES string of the molecule is Cc1ccc(-c2nc(-c3c(C)noc3C)no2)c2c1CCC2. The number of aromatic nitrogens is 3. The van der Waals surface area contributed by atoms with E-state index in [1.54, 1.807) is 0 Å². The van der Waals surface area contributed by atoms with Gasteiger partial charge in [-0.3, -0.25) is 0 Å². The van der Waals surface area contributed by atoms with Crippen LogP contribution in [-0.2, 0) is 12.8 Å². The van der Waals surface area contributed by atoms with E-state index in [-0.39, 0.29) is 0 Å². The third-order valence-corrected chi connectivity index (χ3v) is 4.43. The Morgan fingerprint density at radius 1 is 0.955 bits per heavy atom. The molecule has 1 aliphatic carbocycles. The molecule has 0 unspecified atom stereocenters. The van der Waals surface area contributed by atoms with Gasteiger partial charge in [0.2, 0.25) is 5.82 Å². The Labute approximate surface area is 128 Å². The summed E-state index contributed by atoms with van der Waals surface area (Å²) in [5, 5.41) is 8.07. The number of aryl methyl sites for hydroxylation is 3. The average Bonchev–Trinajstić information content (AvgIpc) is 3.20. The van der Waals surface area contributed by atoms with E-state index in [1.807, 2.05) is 13.8 Å². The maximum atomic E-state index is 5.52. The van der Waals surface area contributed by atoms with Gasteiger partial charge in [0.1, 0.15) is 5.76 Å². The second-order valence-corrected chi connectivity index (χ2v) is 5.86. The van der Waals surface area contributed by atoms with E-state index < -0.39 is 0 Å². The maximum absolute atomic E-state index is 5.52. The van der Waals surface area contributed by atoms with Gasteiger partial charge in [-0.2, -0.15) is 4.98 Å². The molecule has 0 spiro atoms. The molecular weight excluding hydrogens is 278 g/mol. The number of fused-ring (bicyclic) bond motifs is 1. The highest BCUT2D eigenvalue weighted by Crippen LogP contribution is 2.35. The fourth-order valence-electron chi connectivity index (χ4n) is 3.32. The van der Waals surface area contributed by atoms with Gasteiger partial charge in [0.15, 0.2) is 0 Å². The first-order valence-corrected chi connectivity index (χ1v) is 7.54. The molecule has 112 valence electrons. The van der Waals surface area contributed by atoms with Gasteiger partial charge in [-0.05, 0) is 62.8 Å². The van der Waals surface area contributed by atoms with E-state index in [0.717, 1.165) is 29.7 Å². The quantitative estimate of drug-likeness (QED) is 0.719. The molecule has 0 aliphatic heterocycles. The van der Waals surface area contributed by atoms with Crippen molar-refractivity contribution in [2.45, 2.75) is 40.0 Å². The molecule has 0 bridgehead atoms. The van der Waals surface area contributed by atoms with Crippen LogP contribution < -0.4 is 0 Å². The zero-order valence-corrected chi connectivity index (χ0v) is 12.9. The van der Waals surface area contributed by atoms with Gasteiger partial charge in [0, 0.05) is 5.56 Å². The van der Waals surface area contributed by atoms with Crippen LogP contribution in [0.4, 0.5) is 0 Å². The molecular formula is C17H17N3O2. The van der Waals surface area contributed by atoms with Crippen molar-refractivity contribution in [2.24, 2.45) is 0 Å². The molecule has 5 heteroatoms. The molecule has 22 heavy (non-hydrogen) atoms. The van der Waals surface area contributed by atoms with Crippen LogP contribution >= 0.6 is 0 Å². The van der Waals surface area contributed by atoms with Crippen LogP contribution in [0.2, 0.25) is 0 Å². The number of hydrogen-bond donors (Lipinski definition) is 0. The molecule has 4 rings (SSSR count). The largest absolute Gasteiger partial charge is 0.361 e. The lowest BCUT2D eigenvalue weighted by molar-refractivity contribution is 0.393. The monoisotopic (exact) mass is 295 g/mol. The minimum Gasteiger partial charge on any atom is -0.361 e. The third kappa shape index (κ3) is 1.89. The second-order valence-electron chi connectivity index (χ2n) is 5.86. The van der Waals surface area contributed by atoms with Gasteiger partial charge in [0.25, 0.3) is 5.89 Å². The predicted octanol–water partition coefficient (Wildman–Crippen LogP) is 3.81. The zero-order chi connectivity index (χ0) is 15.3. The minimum atomic E-state index is 0.540. The van der Waals surface area contributed by atoms with Crippen molar-refractivity contribution in [3.63, 3.8) is 0 Å². The van der Waals surface area contributed by atoms with E-state index in [1.165, 1.54) is 23.1 Å². The van der Waals surface area contributed by atoms with Gasteiger partial charge in [0.05, 0.1) is 11.3 Å². The van der Waals surface area contributed by atoms with Gasteiger partial charge < -0.3 is 9.05 Å². The van der Waals surface area contributed by atoms with Crippen molar-refractivity contribution in [3.05, 3.63) is 40.3 Å². The van der Waals surface area contributed by atoms with Crippen molar-refractivity contribution < 1.29 is 9.05 Å². The number of nitrogens with zero attached hydrogens (tertiary/aromatic N) is 3. The number of benzene rings is 1. The summed E-state index contributed by atoms with van der Waals surface area (Å²) in [5.41, 5.74) is 6.80. The molecule has 0 amide bonds. The predicted molar refractivity (Wildman–Crippen MR) is 81.5 cm³/mol. The van der Waals surface area contributed by atoms with Crippen LogP contribution in [0.3, 0.4) is 0 Å². The Balaban J connectivity index is 1.82. The first kappa shape index (κ1) is 13.2. The van der Waals surface area contributed by atoms with E-state index in [0.29, 0.717) is 17.5 Å². The van der Waals surface area contributed by atoms with E-state index in [9.17, 15) is 0 Å². The summed E-state index contributed by atoms with van der Waals surface area (Å²) in [4.78, 5) is 4.57. The Morgan fingerprint density at radius 2 is 1.77 bits per heavy atom. The van der Waals surface area contributed by atoms with Crippen molar-refractivity contribution in [1.29, 1.82) is 0 Å². The highest BCUT2D eigenvalue weighted by atomic mass is 16.5. The van der Waals surface area contributed by atoms with Crippen molar-refractivity contribution >= 4 is 0 Å². The molecule has 2 heterocycles. The standard InChI is InChI=1S/C17H17N3O2/c1-9-7-8-14(13-6-4-5-12(9)13)17-18-16(20-22-17)15-10(2)19-21-11(15)3/h7-8H,4-6H2,1-3H3. The molecule has 0 saturated carbocycles.